The first-order valence-corrected chi connectivity index (χ1v) is 3.99. The molecule has 0 aliphatic carbocycles. The molecule has 0 saturated carbocycles. The van der Waals surface area contributed by atoms with Crippen LogP contribution < -0.4 is 0 Å². The summed E-state index contributed by atoms with van der Waals surface area (Å²) in [7, 11) is 0. The van der Waals surface area contributed by atoms with Gasteiger partial charge in [0.25, 0.3) is 0 Å². The molecule has 1 unspecified atom stereocenters. The van der Waals surface area contributed by atoms with Crippen molar-refractivity contribution in [1.82, 2.24) is 0 Å². The summed E-state index contributed by atoms with van der Waals surface area (Å²) >= 11 is 0. The predicted molar refractivity (Wildman–Crippen MR) is 45.5 cm³/mol. The molecule has 0 radical (unpaired) electrons. The van der Waals surface area contributed by atoms with Crippen molar-refractivity contribution in [2.75, 3.05) is 0 Å². The van der Waals surface area contributed by atoms with E-state index in [1.807, 2.05) is 0 Å². The van der Waals surface area contributed by atoms with E-state index in [0.717, 1.165) is 0 Å². The number of hydrogen-bond acceptors (Lipinski definition) is 1. The van der Waals surface area contributed by atoms with Gasteiger partial charge in [0.05, 0.1) is 0 Å². The summed E-state index contributed by atoms with van der Waals surface area (Å²) in [5.74, 6) is -0.882. The first-order chi connectivity index (χ1) is 6.11. The molecule has 1 nitrogen and oxygen atoms in total. The largest absolute Gasteiger partial charge is 0.300 e. The van der Waals surface area contributed by atoms with Crippen LogP contribution >= 0.6 is 0 Å². The number of benzene rings is 1. The number of carbonyl (C=O) groups is 1. The van der Waals surface area contributed by atoms with Gasteiger partial charge in [-0.15, -0.1) is 0 Å². The van der Waals surface area contributed by atoms with Gasteiger partial charge < -0.3 is 0 Å². The lowest BCUT2D eigenvalue weighted by atomic mass is 10.1. The zero-order valence-electron chi connectivity index (χ0n) is 7.26. The van der Waals surface area contributed by atoms with Gasteiger partial charge in [-0.3, -0.25) is 4.79 Å². The van der Waals surface area contributed by atoms with E-state index >= 15 is 0 Å². The van der Waals surface area contributed by atoms with Gasteiger partial charge in [0.1, 0.15) is 17.8 Å². The Morgan fingerprint density at radius 3 is 2.62 bits per heavy atom. The van der Waals surface area contributed by atoms with Crippen molar-refractivity contribution < 1.29 is 13.6 Å². The number of ketones is 1. The molecule has 1 aromatic rings. The van der Waals surface area contributed by atoms with Crippen molar-refractivity contribution in [3.8, 4) is 0 Å². The number of Topliss-reactive ketones (excluding diaryl/α,β-unsaturated/α-hetero) is 1. The molecule has 1 atom stereocenters. The first kappa shape index (κ1) is 9.84. The summed E-state index contributed by atoms with van der Waals surface area (Å²) in [6.45, 7) is 1.29. The van der Waals surface area contributed by atoms with Gasteiger partial charge in [0.2, 0.25) is 0 Å². The summed E-state index contributed by atoms with van der Waals surface area (Å²) < 4.78 is 26.1. The smallest absolute Gasteiger partial charge is 0.135 e. The van der Waals surface area contributed by atoms with Crippen LogP contribution in [-0.4, -0.2) is 5.78 Å². The molecule has 3 heteroatoms. The molecule has 0 fully saturated rings. The van der Waals surface area contributed by atoms with Crippen LogP contribution in [0.4, 0.5) is 8.78 Å². The predicted octanol–water partition coefficient (Wildman–Crippen LogP) is 2.82. The summed E-state index contributed by atoms with van der Waals surface area (Å²) in [6, 6.07) is 5.56. The van der Waals surface area contributed by atoms with Gasteiger partial charge in [-0.2, -0.15) is 0 Å². The molecule has 0 bridgehead atoms. The first-order valence-electron chi connectivity index (χ1n) is 3.99. The molecule has 0 heterocycles. The fourth-order valence-electron chi connectivity index (χ4n) is 1.09. The molecule has 0 N–H and O–H groups in total. The molecule has 70 valence electrons. The third-order valence-corrected chi connectivity index (χ3v) is 1.71. The average molecular weight is 184 g/mol. The molecule has 0 amide bonds. The standard InChI is InChI=1S/C10H10F2O/c1-7(13)6-10(12)8-4-2-3-5-9(8)11/h2-5,10H,6H2,1H3. The molecule has 1 aromatic carbocycles. The second-order valence-corrected chi connectivity index (χ2v) is 2.90. The fourth-order valence-corrected chi connectivity index (χ4v) is 1.09. The lowest BCUT2D eigenvalue weighted by Gasteiger charge is -2.06. The highest BCUT2D eigenvalue weighted by Gasteiger charge is 2.15. The summed E-state index contributed by atoms with van der Waals surface area (Å²) in [4.78, 5) is 10.6. The Morgan fingerprint density at radius 2 is 2.08 bits per heavy atom. The van der Waals surface area contributed by atoms with Crippen molar-refractivity contribution in [3.05, 3.63) is 35.6 Å². The highest BCUT2D eigenvalue weighted by Crippen LogP contribution is 2.23. The van der Waals surface area contributed by atoms with Gasteiger partial charge in [-0.1, -0.05) is 18.2 Å². The van der Waals surface area contributed by atoms with E-state index in [1.165, 1.54) is 25.1 Å². The van der Waals surface area contributed by atoms with E-state index < -0.39 is 12.0 Å². The van der Waals surface area contributed by atoms with Crippen molar-refractivity contribution in [3.63, 3.8) is 0 Å². The maximum atomic E-state index is 13.2. The quantitative estimate of drug-likeness (QED) is 0.705. The van der Waals surface area contributed by atoms with Gasteiger partial charge in [0.15, 0.2) is 0 Å². The number of alkyl halides is 1. The molecule has 0 aliphatic heterocycles. The Labute approximate surface area is 75.4 Å². The number of halogens is 2. The normalized spacial score (nSPS) is 12.5. The highest BCUT2D eigenvalue weighted by atomic mass is 19.1. The molecule has 0 aliphatic rings. The molecule has 0 spiro atoms. The van der Waals surface area contributed by atoms with Crippen LogP contribution in [0.2, 0.25) is 0 Å². The third-order valence-electron chi connectivity index (χ3n) is 1.71. The van der Waals surface area contributed by atoms with Gasteiger partial charge >= 0.3 is 0 Å². The topological polar surface area (TPSA) is 17.1 Å². The Kier molecular flexibility index (Phi) is 3.12. The third kappa shape index (κ3) is 2.61. The Balaban J connectivity index is 2.82. The van der Waals surface area contributed by atoms with Crippen LogP contribution in [0.5, 0.6) is 0 Å². The monoisotopic (exact) mass is 184 g/mol. The maximum absolute atomic E-state index is 13.2. The molecular formula is C10H10F2O. The van der Waals surface area contributed by atoms with Crippen LogP contribution in [0.3, 0.4) is 0 Å². The number of hydrogen-bond donors (Lipinski definition) is 0. The second kappa shape index (κ2) is 4.12. The minimum atomic E-state index is -1.53. The second-order valence-electron chi connectivity index (χ2n) is 2.90. The SMILES string of the molecule is CC(=O)CC(F)c1ccccc1F. The van der Waals surface area contributed by atoms with Gasteiger partial charge in [-0.05, 0) is 13.0 Å². The van der Waals surface area contributed by atoms with Gasteiger partial charge in [0, 0.05) is 12.0 Å². The van der Waals surface area contributed by atoms with Crippen LogP contribution in [0.1, 0.15) is 25.1 Å². The zero-order valence-corrected chi connectivity index (χ0v) is 7.26. The molecular weight excluding hydrogens is 174 g/mol. The minimum absolute atomic E-state index is 0.0438. The van der Waals surface area contributed by atoms with Gasteiger partial charge in [-0.25, -0.2) is 8.78 Å². The molecule has 13 heavy (non-hydrogen) atoms. The minimum Gasteiger partial charge on any atom is -0.300 e. The van der Waals surface area contributed by atoms with E-state index in [0.29, 0.717) is 0 Å². The summed E-state index contributed by atoms with van der Waals surface area (Å²) in [5.41, 5.74) is -0.0438. The maximum Gasteiger partial charge on any atom is 0.135 e. The van der Waals surface area contributed by atoms with Crippen molar-refractivity contribution in [1.29, 1.82) is 0 Å². The Hall–Kier alpha value is -1.25. The lowest BCUT2D eigenvalue weighted by molar-refractivity contribution is -0.118. The van der Waals surface area contributed by atoms with E-state index in [1.54, 1.807) is 6.07 Å². The van der Waals surface area contributed by atoms with E-state index in [9.17, 15) is 13.6 Å². The van der Waals surface area contributed by atoms with Crippen LogP contribution in [0.15, 0.2) is 24.3 Å². The lowest BCUT2D eigenvalue weighted by Crippen LogP contribution is -2.01. The Morgan fingerprint density at radius 1 is 1.46 bits per heavy atom. The van der Waals surface area contributed by atoms with Crippen molar-refractivity contribution in [2.24, 2.45) is 0 Å². The van der Waals surface area contributed by atoms with E-state index in [4.69, 9.17) is 0 Å². The van der Waals surface area contributed by atoms with E-state index in [2.05, 4.69) is 0 Å². The molecule has 0 saturated heterocycles. The molecule has 0 aromatic heterocycles. The van der Waals surface area contributed by atoms with E-state index in [-0.39, 0.29) is 17.8 Å². The van der Waals surface area contributed by atoms with Crippen LogP contribution in [0.25, 0.3) is 0 Å². The molecule has 1 rings (SSSR count). The van der Waals surface area contributed by atoms with Crippen molar-refractivity contribution in [2.45, 2.75) is 19.5 Å². The number of carbonyl (C=O) groups excluding carboxylic acids is 1. The average Bonchev–Trinajstić information content (AvgIpc) is 2.03. The number of rotatable bonds is 3. The van der Waals surface area contributed by atoms with Crippen molar-refractivity contribution >= 4 is 5.78 Å². The Bertz CT molecular complexity index is 310. The van der Waals surface area contributed by atoms with Crippen LogP contribution in [0, 0.1) is 5.82 Å². The highest BCUT2D eigenvalue weighted by molar-refractivity contribution is 5.76. The summed E-state index contributed by atoms with van der Waals surface area (Å²) in [6.07, 6.45) is -1.79. The van der Waals surface area contributed by atoms with Crippen LogP contribution in [-0.2, 0) is 4.79 Å². The summed E-state index contributed by atoms with van der Waals surface area (Å²) in [5, 5.41) is 0. The fraction of sp³-hybridized carbons (Fsp3) is 0.300. The zero-order chi connectivity index (χ0) is 9.84.